The molecule has 0 saturated carbocycles. The topological polar surface area (TPSA) is 26.3 Å². The molecule has 3 heteroatoms. The third kappa shape index (κ3) is 2.77. The van der Waals surface area contributed by atoms with E-state index in [0.29, 0.717) is 24.1 Å². The molecule has 0 radical (unpaired) electrons. The van der Waals surface area contributed by atoms with Crippen LogP contribution in [0, 0.1) is 5.92 Å². The van der Waals surface area contributed by atoms with Crippen molar-refractivity contribution in [3.8, 4) is 0 Å². The normalized spacial score (nSPS) is 35.7. The van der Waals surface area contributed by atoms with Crippen molar-refractivity contribution >= 4 is 5.97 Å². The molecule has 2 aliphatic heterocycles. The minimum Gasteiger partial charge on any atom is -0.462 e. The van der Waals surface area contributed by atoms with E-state index in [9.17, 15) is 4.79 Å². The number of piperidine rings is 2. The zero-order valence-electron chi connectivity index (χ0n) is 11.8. The highest BCUT2D eigenvalue weighted by Crippen LogP contribution is 2.36. The van der Waals surface area contributed by atoms with Crippen LogP contribution in [0.5, 0.6) is 0 Å². The summed E-state index contributed by atoms with van der Waals surface area (Å²) in [7, 11) is 2.39. The van der Waals surface area contributed by atoms with Crippen molar-refractivity contribution in [1.82, 2.24) is 0 Å². The van der Waals surface area contributed by atoms with E-state index in [0.717, 1.165) is 0 Å². The molecule has 1 unspecified atom stereocenters. The molecule has 0 spiro atoms. The Hall–Kier alpha value is -0.830. The summed E-state index contributed by atoms with van der Waals surface area (Å²) in [5.41, 5.74) is 0.506. The average Bonchev–Trinajstić information content (AvgIpc) is 2.34. The first-order valence-corrected chi connectivity index (χ1v) is 7.20. The fraction of sp³-hybridized carbons (Fsp3) is 0.800. The number of carbonyl (C=O) groups is 1. The zero-order valence-corrected chi connectivity index (χ0v) is 11.8. The van der Waals surface area contributed by atoms with E-state index < -0.39 is 0 Å². The fourth-order valence-corrected chi connectivity index (χ4v) is 3.73. The van der Waals surface area contributed by atoms with Gasteiger partial charge in [-0.05, 0) is 32.6 Å². The van der Waals surface area contributed by atoms with Crippen molar-refractivity contribution in [2.75, 3.05) is 26.7 Å². The molecule has 0 aromatic heterocycles. The quantitative estimate of drug-likeness (QED) is 0.438. The first-order valence-electron chi connectivity index (χ1n) is 7.20. The van der Waals surface area contributed by atoms with Crippen molar-refractivity contribution < 1.29 is 14.0 Å². The van der Waals surface area contributed by atoms with Crippen molar-refractivity contribution in [3.05, 3.63) is 12.2 Å². The van der Waals surface area contributed by atoms with Gasteiger partial charge >= 0.3 is 5.97 Å². The van der Waals surface area contributed by atoms with Gasteiger partial charge in [0.15, 0.2) is 0 Å². The molecule has 2 heterocycles. The predicted octanol–water partition coefficient (Wildman–Crippen LogP) is 2.51. The molecule has 0 amide bonds. The van der Waals surface area contributed by atoms with E-state index in [1.54, 1.807) is 6.92 Å². The summed E-state index contributed by atoms with van der Waals surface area (Å²) in [5, 5.41) is 0. The minimum atomic E-state index is -0.231. The number of esters is 1. The van der Waals surface area contributed by atoms with Crippen LogP contribution in [-0.2, 0) is 9.53 Å². The molecule has 2 rings (SSSR count). The Morgan fingerprint density at radius 1 is 1.28 bits per heavy atom. The standard InChI is InChI=1S/C15H26NO2/c1-12(2)15(17)18-11-13-7-6-10-16(3)9-5-4-8-14(13)16/h13-14H,1,4-11H2,2-3H3/q+1/t13-,14-,16?/m0/s1. The first-order chi connectivity index (χ1) is 8.53. The largest absolute Gasteiger partial charge is 0.462 e. The van der Waals surface area contributed by atoms with Gasteiger partial charge in [0.1, 0.15) is 6.61 Å². The highest BCUT2D eigenvalue weighted by Gasteiger charge is 2.43. The molecule has 0 N–H and O–H groups in total. The lowest BCUT2D eigenvalue weighted by Gasteiger charge is -2.51. The maximum atomic E-state index is 11.5. The number of carbonyl (C=O) groups excluding carboxylic acids is 1. The first kappa shape index (κ1) is 13.6. The second-order valence-corrected chi connectivity index (χ2v) is 6.27. The van der Waals surface area contributed by atoms with E-state index in [2.05, 4.69) is 13.6 Å². The number of quaternary nitrogens is 1. The van der Waals surface area contributed by atoms with Crippen LogP contribution in [0.25, 0.3) is 0 Å². The van der Waals surface area contributed by atoms with Crippen LogP contribution in [-0.4, -0.2) is 43.2 Å². The van der Waals surface area contributed by atoms with Gasteiger partial charge in [-0.15, -0.1) is 0 Å². The fourth-order valence-electron chi connectivity index (χ4n) is 3.73. The highest BCUT2D eigenvalue weighted by molar-refractivity contribution is 5.86. The SMILES string of the molecule is C=C(C)C(=O)OC[C@@H]1CCC[N+]2(C)CCCC[C@@H]12. The Kier molecular flexibility index (Phi) is 4.10. The third-order valence-corrected chi connectivity index (χ3v) is 4.78. The van der Waals surface area contributed by atoms with Gasteiger partial charge in [-0.25, -0.2) is 4.79 Å². The van der Waals surface area contributed by atoms with Gasteiger partial charge in [0.25, 0.3) is 0 Å². The third-order valence-electron chi connectivity index (χ3n) is 4.78. The molecular formula is C15H26NO2+. The molecule has 0 aromatic rings. The summed E-state index contributed by atoms with van der Waals surface area (Å²) in [6, 6.07) is 0.699. The molecule has 2 aliphatic rings. The second-order valence-electron chi connectivity index (χ2n) is 6.27. The van der Waals surface area contributed by atoms with Crippen LogP contribution in [0.4, 0.5) is 0 Å². The van der Waals surface area contributed by atoms with Gasteiger partial charge < -0.3 is 9.22 Å². The minimum absolute atomic E-state index is 0.231. The van der Waals surface area contributed by atoms with E-state index in [-0.39, 0.29) is 5.97 Å². The number of hydrogen-bond acceptors (Lipinski definition) is 2. The Morgan fingerprint density at radius 2 is 2.00 bits per heavy atom. The van der Waals surface area contributed by atoms with Gasteiger partial charge in [0, 0.05) is 17.9 Å². The lowest BCUT2D eigenvalue weighted by molar-refractivity contribution is -0.947. The Labute approximate surface area is 110 Å². The van der Waals surface area contributed by atoms with Gasteiger partial charge in [-0.2, -0.15) is 0 Å². The van der Waals surface area contributed by atoms with Crippen molar-refractivity contribution in [2.45, 2.75) is 45.1 Å². The maximum Gasteiger partial charge on any atom is 0.333 e. The van der Waals surface area contributed by atoms with Gasteiger partial charge in [0.2, 0.25) is 0 Å². The Balaban J connectivity index is 1.95. The van der Waals surface area contributed by atoms with Crippen LogP contribution in [0.2, 0.25) is 0 Å². The maximum absolute atomic E-state index is 11.5. The summed E-state index contributed by atoms with van der Waals surface area (Å²) in [6.45, 7) is 8.54. The van der Waals surface area contributed by atoms with Crippen LogP contribution < -0.4 is 0 Å². The molecular weight excluding hydrogens is 226 g/mol. The van der Waals surface area contributed by atoms with Crippen LogP contribution in [0.3, 0.4) is 0 Å². The number of hydrogen-bond donors (Lipinski definition) is 0. The van der Waals surface area contributed by atoms with Crippen molar-refractivity contribution in [3.63, 3.8) is 0 Å². The number of ether oxygens (including phenoxy) is 1. The summed E-state index contributed by atoms with van der Waals surface area (Å²) in [4.78, 5) is 11.5. The van der Waals surface area contributed by atoms with Gasteiger partial charge in [0.05, 0.1) is 26.2 Å². The van der Waals surface area contributed by atoms with Crippen LogP contribution >= 0.6 is 0 Å². The molecule has 2 saturated heterocycles. The van der Waals surface area contributed by atoms with E-state index in [1.807, 2.05) is 0 Å². The Bertz CT molecular complexity index is 335. The molecule has 18 heavy (non-hydrogen) atoms. The molecule has 0 aliphatic carbocycles. The van der Waals surface area contributed by atoms with Gasteiger partial charge in [-0.3, -0.25) is 0 Å². The molecule has 3 atom stereocenters. The number of fused-ring (bicyclic) bond motifs is 1. The van der Waals surface area contributed by atoms with E-state index in [1.165, 1.54) is 49.7 Å². The second kappa shape index (κ2) is 5.43. The highest BCUT2D eigenvalue weighted by atomic mass is 16.5. The summed E-state index contributed by atoms with van der Waals surface area (Å²) in [5.74, 6) is 0.318. The monoisotopic (exact) mass is 252 g/mol. The molecule has 2 fully saturated rings. The van der Waals surface area contributed by atoms with Crippen molar-refractivity contribution in [1.29, 1.82) is 0 Å². The Morgan fingerprint density at radius 3 is 2.72 bits per heavy atom. The lowest BCUT2D eigenvalue weighted by Crippen LogP contribution is -2.61. The molecule has 0 aromatic carbocycles. The van der Waals surface area contributed by atoms with Gasteiger partial charge in [-0.1, -0.05) is 6.58 Å². The summed E-state index contributed by atoms with van der Waals surface area (Å²) < 4.78 is 6.59. The van der Waals surface area contributed by atoms with E-state index in [4.69, 9.17) is 4.74 Å². The summed E-state index contributed by atoms with van der Waals surface area (Å²) in [6.07, 6.45) is 6.46. The number of nitrogens with zero attached hydrogens (tertiary/aromatic N) is 1. The molecule has 3 nitrogen and oxygen atoms in total. The lowest BCUT2D eigenvalue weighted by atomic mass is 9.82. The summed E-state index contributed by atoms with van der Waals surface area (Å²) >= 11 is 0. The molecule has 102 valence electrons. The predicted molar refractivity (Wildman–Crippen MR) is 72.1 cm³/mol. The van der Waals surface area contributed by atoms with Crippen LogP contribution in [0.15, 0.2) is 12.2 Å². The van der Waals surface area contributed by atoms with Crippen molar-refractivity contribution in [2.24, 2.45) is 5.92 Å². The number of rotatable bonds is 3. The zero-order chi connectivity index (χ0) is 13.2. The van der Waals surface area contributed by atoms with Crippen LogP contribution in [0.1, 0.15) is 39.0 Å². The molecule has 0 bridgehead atoms. The van der Waals surface area contributed by atoms with E-state index >= 15 is 0 Å². The average molecular weight is 252 g/mol. The smallest absolute Gasteiger partial charge is 0.333 e.